The molecule has 0 heterocycles. The molecule has 6 heteroatoms. The Hall–Kier alpha value is -2.18. The number of esters is 1. The van der Waals surface area contributed by atoms with Crippen LogP contribution in [-0.4, -0.2) is 46.9 Å². The third kappa shape index (κ3) is 44.2. The summed E-state index contributed by atoms with van der Waals surface area (Å²) < 4.78 is 5.91. The molecule has 0 aliphatic rings. The molecule has 0 saturated heterocycles. The van der Waals surface area contributed by atoms with E-state index in [1.54, 1.807) is 0 Å². The van der Waals surface area contributed by atoms with Gasteiger partial charge >= 0.3 is 5.97 Å². The summed E-state index contributed by atoms with van der Waals surface area (Å²) >= 11 is 0. The van der Waals surface area contributed by atoms with Gasteiger partial charge in [-0.3, -0.25) is 9.59 Å². The zero-order chi connectivity index (χ0) is 44.5. The van der Waals surface area contributed by atoms with Gasteiger partial charge in [-0.25, -0.2) is 0 Å². The van der Waals surface area contributed by atoms with E-state index in [9.17, 15) is 19.8 Å². The highest BCUT2D eigenvalue weighted by Crippen LogP contribution is 2.18. The number of carbonyl (C=O) groups is 2. The van der Waals surface area contributed by atoms with E-state index in [-0.39, 0.29) is 24.9 Å². The zero-order valence-corrected chi connectivity index (χ0v) is 40.5. The van der Waals surface area contributed by atoms with Crippen LogP contribution < -0.4 is 5.32 Å². The van der Waals surface area contributed by atoms with Crippen LogP contribution >= 0.6 is 0 Å². The summed E-state index contributed by atoms with van der Waals surface area (Å²) in [5.41, 5.74) is 0. The van der Waals surface area contributed by atoms with Crippen LogP contribution in [0.25, 0.3) is 0 Å². The summed E-state index contributed by atoms with van der Waals surface area (Å²) in [5.74, 6) is -0.520. The molecule has 0 spiro atoms. The van der Waals surface area contributed by atoms with E-state index >= 15 is 0 Å². The Morgan fingerprint density at radius 3 is 1.31 bits per heavy atom. The molecule has 3 unspecified atom stereocenters. The quantitative estimate of drug-likeness (QED) is 0.0322. The van der Waals surface area contributed by atoms with Crippen LogP contribution in [0.15, 0.2) is 48.6 Å². The Labute approximate surface area is 378 Å². The molecule has 61 heavy (non-hydrogen) atoms. The lowest BCUT2D eigenvalue weighted by atomic mass is 10.0. The van der Waals surface area contributed by atoms with Crippen LogP contribution in [-0.2, 0) is 14.3 Å². The molecule has 3 N–H and O–H groups in total. The first-order valence-electron chi connectivity index (χ1n) is 26.4. The van der Waals surface area contributed by atoms with Gasteiger partial charge in [0.1, 0.15) is 6.10 Å². The maximum Gasteiger partial charge on any atom is 0.306 e. The lowest BCUT2D eigenvalue weighted by Gasteiger charge is -2.24. The molecule has 0 saturated carbocycles. The van der Waals surface area contributed by atoms with Crippen molar-refractivity contribution in [3.63, 3.8) is 0 Å². The molecule has 6 nitrogen and oxygen atoms in total. The number of hydrogen-bond acceptors (Lipinski definition) is 5. The van der Waals surface area contributed by atoms with Crippen LogP contribution in [0.1, 0.15) is 265 Å². The molecule has 0 rings (SSSR count). The minimum Gasteiger partial charge on any atom is -0.462 e. The van der Waals surface area contributed by atoms with Crippen LogP contribution in [0.4, 0.5) is 0 Å². The van der Waals surface area contributed by atoms with E-state index in [1.165, 1.54) is 141 Å². The SMILES string of the molecule is CC/C=C/C/C=C/C/C=C/C/C=C/CCCC(CC(=O)NC(CO)C(O)CCCCCCCCCCCC)OC(=O)CCCCCCCCCCCCCCCCCCCC. The molecule has 356 valence electrons. The number of ether oxygens (including phenoxy) is 1. The van der Waals surface area contributed by atoms with Crippen LogP contribution in [0.3, 0.4) is 0 Å². The number of rotatable bonds is 47. The number of aliphatic hydroxyl groups is 2. The highest BCUT2D eigenvalue weighted by Gasteiger charge is 2.24. The maximum absolute atomic E-state index is 13.2. The van der Waals surface area contributed by atoms with E-state index in [0.29, 0.717) is 19.3 Å². The van der Waals surface area contributed by atoms with Crippen molar-refractivity contribution in [2.45, 2.75) is 283 Å². The molecule has 0 radical (unpaired) electrons. The number of hydrogen-bond donors (Lipinski definition) is 3. The molecule has 0 fully saturated rings. The lowest BCUT2D eigenvalue weighted by molar-refractivity contribution is -0.151. The van der Waals surface area contributed by atoms with E-state index in [2.05, 4.69) is 74.7 Å². The van der Waals surface area contributed by atoms with E-state index < -0.39 is 18.2 Å². The fourth-order valence-corrected chi connectivity index (χ4v) is 7.96. The maximum atomic E-state index is 13.2. The summed E-state index contributed by atoms with van der Waals surface area (Å²) in [5, 5.41) is 23.7. The first-order chi connectivity index (χ1) is 30.0. The Morgan fingerprint density at radius 2 is 0.885 bits per heavy atom. The van der Waals surface area contributed by atoms with Gasteiger partial charge in [0.15, 0.2) is 0 Å². The monoisotopic (exact) mass is 856 g/mol. The number of aliphatic hydroxyl groups excluding tert-OH is 2. The average molecular weight is 856 g/mol. The second-order valence-electron chi connectivity index (χ2n) is 17.9. The van der Waals surface area contributed by atoms with Crippen molar-refractivity contribution in [3.05, 3.63) is 48.6 Å². The van der Waals surface area contributed by atoms with E-state index in [4.69, 9.17) is 4.74 Å². The predicted molar refractivity (Wildman–Crippen MR) is 264 cm³/mol. The lowest BCUT2D eigenvalue weighted by Crippen LogP contribution is -2.46. The first kappa shape index (κ1) is 58.8. The molecule has 0 aromatic carbocycles. The fraction of sp³-hybridized carbons (Fsp3) is 0.818. The largest absolute Gasteiger partial charge is 0.462 e. The second-order valence-corrected chi connectivity index (χ2v) is 17.9. The summed E-state index contributed by atoms with van der Waals surface area (Å²) in [7, 11) is 0. The van der Waals surface area contributed by atoms with Crippen molar-refractivity contribution in [3.8, 4) is 0 Å². The molecule has 0 bridgehead atoms. The van der Waals surface area contributed by atoms with Crippen molar-refractivity contribution in [1.82, 2.24) is 5.32 Å². The Balaban J connectivity index is 4.58. The Morgan fingerprint density at radius 1 is 0.492 bits per heavy atom. The molecule has 0 aromatic heterocycles. The molecule has 1 amide bonds. The fourth-order valence-electron chi connectivity index (χ4n) is 7.96. The topological polar surface area (TPSA) is 95.9 Å². The van der Waals surface area contributed by atoms with Crippen molar-refractivity contribution in [2.24, 2.45) is 0 Å². The number of amides is 1. The van der Waals surface area contributed by atoms with Gasteiger partial charge in [0.05, 0.1) is 25.2 Å². The van der Waals surface area contributed by atoms with Gasteiger partial charge < -0.3 is 20.3 Å². The average Bonchev–Trinajstić information content (AvgIpc) is 3.25. The standard InChI is InChI=1S/C55H101NO5/c1-4-7-10-13-16-19-22-24-26-27-28-29-31-33-36-39-42-45-48-55(60)61-51(46-43-40-37-34-32-30-25-23-20-17-14-11-8-5-2)49-54(59)56-52(50-57)53(58)47-44-41-38-35-21-18-15-12-9-6-3/h8,11,17,20,25,30,34,37,51-53,57-58H,4-7,9-10,12-16,18-19,21-24,26-29,31-33,35-36,38-50H2,1-3H3,(H,56,59)/b11-8+,20-17+,30-25+,37-34+. The number of carbonyl (C=O) groups excluding carboxylic acids is 2. The number of allylic oxidation sites excluding steroid dienone is 8. The van der Waals surface area contributed by atoms with Crippen LogP contribution in [0.5, 0.6) is 0 Å². The smallest absolute Gasteiger partial charge is 0.306 e. The summed E-state index contributed by atoms with van der Waals surface area (Å²) in [4.78, 5) is 26.1. The van der Waals surface area contributed by atoms with Gasteiger partial charge in [-0.15, -0.1) is 0 Å². The molecular weight excluding hydrogens is 755 g/mol. The predicted octanol–water partition coefficient (Wildman–Crippen LogP) is 15.8. The summed E-state index contributed by atoms with van der Waals surface area (Å²) in [6.45, 7) is 6.36. The Bertz CT molecular complexity index is 1050. The number of unbranched alkanes of at least 4 members (excludes halogenated alkanes) is 27. The minimum atomic E-state index is -0.799. The van der Waals surface area contributed by atoms with Gasteiger partial charge in [-0.1, -0.05) is 243 Å². The normalized spacial score (nSPS) is 13.6. The third-order valence-electron chi connectivity index (χ3n) is 11.9. The highest BCUT2D eigenvalue weighted by atomic mass is 16.5. The first-order valence-corrected chi connectivity index (χ1v) is 26.4. The van der Waals surface area contributed by atoms with Crippen molar-refractivity contribution in [2.75, 3.05) is 6.61 Å². The second kappa shape index (κ2) is 48.8. The zero-order valence-electron chi connectivity index (χ0n) is 40.5. The van der Waals surface area contributed by atoms with Gasteiger partial charge in [0.2, 0.25) is 5.91 Å². The summed E-state index contributed by atoms with van der Waals surface area (Å²) in [6.07, 6.45) is 59.0. The highest BCUT2D eigenvalue weighted by molar-refractivity contribution is 5.77. The van der Waals surface area contributed by atoms with Gasteiger partial charge in [0, 0.05) is 6.42 Å². The summed E-state index contributed by atoms with van der Waals surface area (Å²) in [6, 6.07) is -0.716. The van der Waals surface area contributed by atoms with Crippen molar-refractivity contribution in [1.29, 1.82) is 0 Å². The van der Waals surface area contributed by atoms with Gasteiger partial charge in [0.25, 0.3) is 0 Å². The van der Waals surface area contributed by atoms with Crippen molar-refractivity contribution < 1.29 is 24.5 Å². The third-order valence-corrected chi connectivity index (χ3v) is 11.9. The van der Waals surface area contributed by atoms with Crippen LogP contribution in [0.2, 0.25) is 0 Å². The minimum absolute atomic E-state index is 0.0422. The molecule has 0 aliphatic heterocycles. The molecule has 0 aromatic rings. The Kier molecular flexibility index (Phi) is 47.1. The number of nitrogens with one attached hydrogen (secondary N) is 1. The molecule has 3 atom stereocenters. The van der Waals surface area contributed by atoms with Crippen LogP contribution in [0, 0.1) is 0 Å². The molecule has 0 aliphatic carbocycles. The van der Waals surface area contributed by atoms with E-state index in [1.807, 2.05) is 0 Å². The van der Waals surface area contributed by atoms with Gasteiger partial charge in [-0.2, -0.15) is 0 Å². The van der Waals surface area contributed by atoms with E-state index in [0.717, 1.165) is 77.0 Å². The van der Waals surface area contributed by atoms with Gasteiger partial charge in [-0.05, 0) is 57.8 Å². The van der Waals surface area contributed by atoms with Crippen molar-refractivity contribution >= 4 is 11.9 Å². The molecular formula is C55H101NO5.